The Morgan fingerprint density at radius 2 is 1.78 bits per heavy atom. The molecule has 3 rings (SSSR count). The molecule has 0 bridgehead atoms. The second-order valence-electron chi connectivity index (χ2n) is 6.93. The number of carbonyl (C=O) groups is 2. The van der Waals surface area contributed by atoms with E-state index in [0.717, 1.165) is 37.2 Å². The summed E-state index contributed by atoms with van der Waals surface area (Å²) in [6, 6.07) is 15.4. The lowest BCUT2D eigenvalue weighted by Crippen LogP contribution is -2.29. The molecule has 2 N–H and O–H groups in total. The molecule has 0 unspecified atom stereocenters. The molecular formula is C22H27N3O2. The first-order valence-electron chi connectivity index (χ1n) is 9.63. The molecule has 0 radical (unpaired) electrons. The Kier molecular flexibility index (Phi) is 6.12. The third-order valence-corrected chi connectivity index (χ3v) is 4.94. The number of amides is 2. The molecule has 1 heterocycles. The van der Waals surface area contributed by atoms with Crippen LogP contribution in [0.2, 0.25) is 0 Å². The monoisotopic (exact) mass is 365 g/mol. The fraction of sp³-hybridized carbons (Fsp3) is 0.364. The van der Waals surface area contributed by atoms with Crippen LogP contribution in [-0.2, 0) is 4.79 Å². The first-order valence-corrected chi connectivity index (χ1v) is 9.63. The van der Waals surface area contributed by atoms with Crippen LogP contribution in [0.1, 0.15) is 55.1 Å². The fourth-order valence-corrected chi connectivity index (χ4v) is 3.38. The highest BCUT2D eigenvalue weighted by Crippen LogP contribution is 2.28. The molecule has 0 aromatic heterocycles. The van der Waals surface area contributed by atoms with Gasteiger partial charge in [0, 0.05) is 30.9 Å². The van der Waals surface area contributed by atoms with Crippen molar-refractivity contribution in [2.24, 2.45) is 0 Å². The minimum absolute atomic E-state index is 0.0621. The maximum Gasteiger partial charge on any atom is 0.253 e. The van der Waals surface area contributed by atoms with E-state index in [0.29, 0.717) is 17.7 Å². The van der Waals surface area contributed by atoms with E-state index in [-0.39, 0.29) is 17.9 Å². The summed E-state index contributed by atoms with van der Waals surface area (Å²) in [6.45, 7) is 5.69. The Hall–Kier alpha value is -2.82. The molecule has 1 fully saturated rings. The Balaban J connectivity index is 1.86. The van der Waals surface area contributed by atoms with Gasteiger partial charge in [-0.1, -0.05) is 37.3 Å². The molecule has 1 aliphatic rings. The molecule has 0 spiro atoms. The quantitative estimate of drug-likeness (QED) is 0.809. The summed E-state index contributed by atoms with van der Waals surface area (Å²) in [6.07, 6.45) is 2.67. The average Bonchev–Trinajstić information content (AvgIpc) is 3.23. The number of nitrogens with one attached hydrogen (secondary N) is 2. The fourth-order valence-electron chi connectivity index (χ4n) is 3.38. The van der Waals surface area contributed by atoms with Crippen molar-refractivity contribution >= 4 is 23.2 Å². The standard InChI is InChI=1S/C22H27N3O2/c1-3-21(26)24-18-11-12-20(25-13-7-8-14-25)19(15-18)22(27)23-16(2)17-9-5-4-6-10-17/h4-6,9-12,15-16H,3,7-8,13-14H2,1-2H3,(H,23,27)(H,24,26)/t16-/m0/s1. The number of rotatable bonds is 6. The Labute approximate surface area is 160 Å². The molecule has 5 heteroatoms. The Morgan fingerprint density at radius 3 is 2.44 bits per heavy atom. The first kappa shape index (κ1) is 19.0. The zero-order valence-electron chi connectivity index (χ0n) is 16.0. The zero-order valence-corrected chi connectivity index (χ0v) is 16.0. The maximum atomic E-state index is 13.1. The van der Waals surface area contributed by atoms with Gasteiger partial charge in [-0.2, -0.15) is 0 Å². The van der Waals surface area contributed by atoms with Crippen LogP contribution in [0.4, 0.5) is 11.4 Å². The van der Waals surface area contributed by atoms with Crippen molar-refractivity contribution in [3.05, 3.63) is 59.7 Å². The van der Waals surface area contributed by atoms with Crippen molar-refractivity contribution in [2.45, 2.75) is 39.2 Å². The molecule has 1 saturated heterocycles. The number of benzene rings is 2. The van der Waals surface area contributed by atoms with E-state index >= 15 is 0 Å². The molecule has 2 aromatic rings. The molecule has 1 aliphatic heterocycles. The normalized spacial score (nSPS) is 14.7. The lowest BCUT2D eigenvalue weighted by atomic mass is 10.1. The van der Waals surface area contributed by atoms with Crippen LogP contribution in [0, 0.1) is 0 Å². The number of hydrogen-bond donors (Lipinski definition) is 2. The van der Waals surface area contributed by atoms with Crippen LogP contribution in [0.5, 0.6) is 0 Å². The lowest BCUT2D eigenvalue weighted by Gasteiger charge is -2.23. The van der Waals surface area contributed by atoms with Crippen molar-refractivity contribution in [3.8, 4) is 0 Å². The molecular weight excluding hydrogens is 338 g/mol. The number of nitrogens with zero attached hydrogens (tertiary/aromatic N) is 1. The largest absolute Gasteiger partial charge is 0.371 e. The second kappa shape index (κ2) is 8.71. The van der Waals surface area contributed by atoms with Crippen LogP contribution in [0.15, 0.2) is 48.5 Å². The molecule has 0 aliphatic carbocycles. The van der Waals surface area contributed by atoms with E-state index < -0.39 is 0 Å². The lowest BCUT2D eigenvalue weighted by molar-refractivity contribution is -0.115. The van der Waals surface area contributed by atoms with Crippen LogP contribution in [0.25, 0.3) is 0 Å². The van der Waals surface area contributed by atoms with E-state index in [4.69, 9.17) is 0 Å². The summed E-state index contributed by atoms with van der Waals surface area (Å²) in [5, 5.41) is 5.94. The molecule has 27 heavy (non-hydrogen) atoms. The van der Waals surface area contributed by atoms with Gasteiger partial charge < -0.3 is 15.5 Å². The summed E-state index contributed by atoms with van der Waals surface area (Å²) >= 11 is 0. The van der Waals surface area contributed by atoms with E-state index in [1.807, 2.05) is 56.3 Å². The van der Waals surface area contributed by atoms with Crippen LogP contribution >= 0.6 is 0 Å². The van der Waals surface area contributed by atoms with Crippen molar-refractivity contribution < 1.29 is 9.59 Å². The van der Waals surface area contributed by atoms with Crippen molar-refractivity contribution in [1.29, 1.82) is 0 Å². The van der Waals surface area contributed by atoms with Gasteiger partial charge in [-0.05, 0) is 43.5 Å². The highest BCUT2D eigenvalue weighted by atomic mass is 16.2. The molecule has 2 aromatic carbocycles. The topological polar surface area (TPSA) is 61.4 Å². The van der Waals surface area contributed by atoms with E-state index in [9.17, 15) is 9.59 Å². The van der Waals surface area contributed by atoms with Gasteiger partial charge in [0.15, 0.2) is 0 Å². The van der Waals surface area contributed by atoms with Gasteiger partial charge in [0.2, 0.25) is 5.91 Å². The van der Waals surface area contributed by atoms with Gasteiger partial charge >= 0.3 is 0 Å². The Morgan fingerprint density at radius 1 is 1.07 bits per heavy atom. The van der Waals surface area contributed by atoms with E-state index in [1.54, 1.807) is 6.07 Å². The molecule has 1 atom stereocenters. The van der Waals surface area contributed by atoms with Gasteiger partial charge in [0.05, 0.1) is 11.6 Å². The third kappa shape index (κ3) is 4.67. The molecule has 2 amide bonds. The van der Waals surface area contributed by atoms with Gasteiger partial charge in [0.25, 0.3) is 5.91 Å². The van der Waals surface area contributed by atoms with Gasteiger partial charge in [0.1, 0.15) is 0 Å². The zero-order chi connectivity index (χ0) is 19.2. The van der Waals surface area contributed by atoms with Gasteiger partial charge in [-0.3, -0.25) is 9.59 Å². The summed E-state index contributed by atoms with van der Waals surface area (Å²) in [4.78, 5) is 27.1. The maximum absolute atomic E-state index is 13.1. The third-order valence-electron chi connectivity index (χ3n) is 4.94. The highest BCUT2D eigenvalue weighted by molar-refractivity contribution is 6.02. The van der Waals surface area contributed by atoms with Crippen LogP contribution in [0.3, 0.4) is 0 Å². The van der Waals surface area contributed by atoms with E-state index in [2.05, 4.69) is 15.5 Å². The summed E-state index contributed by atoms with van der Waals surface area (Å²) < 4.78 is 0. The minimum Gasteiger partial charge on any atom is -0.371 e. The SMILES string of the molecule is CCC(=O)Nc1ccc(N2CCCC2)c(C(=O)N[C@@H](C)c2ccccc2)c1. The summed E-state index contributed by atoms with van der Waals surface area (Å²) in [7, 11) is 0. The Bertz CT molecular complexity index is 798. The number of hydrogen-bond acceptors (Lipinski definition) is 3. The van der Waals surface area contributed by atoms with Gasteiger partial charge in [-0.25, -0.2) is 0 Å². The molecule has 5 nitrogen and oxygen atoms in total. The highest BCUT2D eigenvalue weighted by Gasteiger charge is 2.21. The van der Waals surface area contributed by atoms with Crippen molar-refractivity contribution in [1.82, 2.24) is 5.32 Å². The minimum atomic E-state index is -0.124. The predicted molar refractivity (Wildman–Crippen MR) is 109 cm³/mol. The van der Waals surface area contributed by atoms with Crippen LogP contribution in [-0.4, -0.2) is 24.9 Å². The number of anilines is 2. The smallest absolute Gasteiger partial charge is 0.253 e. The van der Waals surface area contributed by atoms with Crippen LogP contribution < -0.4 is 15.5 Å². The summed E-state index contributed by atoms with van der Waals surface area (Å²) in [5.74, 6) is -0.186. The average molecular weight is 365 g/mol. The molecule has 142 valence electrons. The van der Waals surface area contributed by atoms with Crippen molar-refractivity contribution in [3.63, 3.8) is 0 Å². The molecule has 0 saturated carbocycles. The van der Waals surface area contributed by atoms with E-state index in [1.165, 1.54) is 0 Å². The summed E-state index contributed by atoms with van der Waals surface area (Å²) in [5.41, 5.74) is 3.25. The number of carbonyl (C=O) groups excluding carboxylic acids is 2. The second-order valence-corrected chi connectivity index (χ2v) is 6.93. The van der Waals surface area contributed by atoms with Gasteiger partial charge in [-0.15, -0.1) is 0 Å². The predicted octanol–water partition coefficient (Wildman–Crippen LogP) is 4.13. The first-order chi connectivity index (χ1) is 13.1. The van der Waals surface area contributed by atoms with Crippen molar-refractivity contribution in [2.75, 3.05) is 23.3 Å².